The average molecular weight is 485 g/mol. The molecular formula is C23H24N4O6S. The molecule has 10 nitrogen and oxygen atoms in total. The Morgan fingerprint density at radius 3 is 2.41 bits per heavy atom. The third-order valence-electron chi connectivity index (χ3n) is 5.05. The van der Waals surface area contributed by atoms with E-state index in [1.807, 2.05) is 0 Å². The molecule has 0 aliphatic carbocycles. The van der Waals surface area contributed by atoms with E-state index in [2.05, 4.69) is 15.6 Å². The molecule has 34 heavy (non-hydrogen) atoms. The number of hydrogen-bond acceptors (Lipinski definition) is 6. The number of thioether (sulfide) groups is 1. The number of aliphatic carboxylic acids is 1. The van der Waals surface area contributed by atoms with Crippen molar-refractivity contribution in [1.29, 1.82) is 0 Å². The van der Waals surface area contributed by atoms with Gasteiger partial charge in [0.1, 0.15) is 12.1 Å². The Morgan fingerprint density at radius 2 is 1.74 bits per heavy atom. The highest BCUT2D eigenvalue weighted by Crippen LogP contribution is 2.14. The summed E-state index contributed by atoms with van der Waals surface area (Å²) < 4.78 is 0.827. The van der Waals surface area contributed by atoms with Crippen molar-refractivity contribution in [2.75, 3.05) is 11.6 Å². The van der Waals surface area contributed by atoms with Gasteiger partial charge in [0.05, 0.1) is 16.8 Å². The van der Waals surface area contributed by atoms with Crippen LogP contribution in [-0.4, -0.2) is 50.1 Å². The van der Waals surface area contributed by atoms with Gasteiger partial charge in [-0.25, -0.2) is 14.2 Å². The lowest BCUT2D eigenvalue weighted by Gasteiger charge is -2.22. The summed E-state index contributed by atoms with van der Waals surface area (Å²) in [6.45, 7) is 1.34. The molecule has 3 rings (SSSR count). The summed E-state index contributed by atoms with van der Waals surface area (Å²) in [5, 5.41) is 14.8. The van der Waals surface area contributed by atoms with E-state index in [1.54, 1.807) is 54.6 Å². The van der Waals surface area contributed by atoms with Crippen LogP contribution in [0.3, 0.4) is 0 Å². The fourth-order valence-electron chi connectivity index (χ4n) is 3.37. The summed E-state index contributed by atoms with van der Waals surface area (Å²) in [4.78, 5) is 64.7. The molecule has 1 aromatic heterocycles. The maximum absolute atomic E-state index is 13.3. The number of H-pyrrole nitrogens is 1. The van der Waals surface area contributed by atoms with E-state index in [9.17, 15) is 29.1 Å². The summed E-state index contributed by atoms with van der Waals surface area (Å²) in [5.74, 6) is -2.17. The van der Waals surface area contributed by atoms with Gasteiger partial charge in [-0.2, -0.15) is 0 Å². The van der Waals surface area contributed by atoms with E-state index in [1.165, 1.54) is 6.92 Å². The smallest absolute Gasteiger partial charge is 0.329 e. The van der Waals surface area contributed by atoms with Gasteiger partial charge in [-0.1, -0.05) is 42.5 Å². The second-order valence-electron chi connectivity index (χ2n) is 7.50. The van der Waals surface area contributed by atoms with Crippen LogP contribution in [0.5, 0.6) is 0 Å². The molecule has 4 N–H and O–H groups in total. The number of carbonyl (C=O) groups excluding carboxylic acids is 2. The Morgan fingerprint density at radius 1 is 1.06 bits per heavy atom. The first-order valence-electron chi connectivity index (χ1n) is 10.4. The zero-order valence-corrected chi connectivity index (χ0v) is 19.1. The lowest BCUT2D eigenvalue weighted by atomic mass is 10.0. The summed E-state index contributed by atoms with van der Waals surface area (Å²) in [7, 11) is 0. The largest absolute Gasteiger partial charge is 0.480 e. The van der Waals surface area contributed by atoms with Crippen LogP contribution in [0, 0.1) is 0 Å². The Labute approximate surface area is 198 Å². The van der Waals surface area contributed by atoms with E-state index in [0.29, 0.717) is 11.1 Å². The molecule has 2 amide bonds. The number of nitrogens with one attached hydrogen (secondary N) is 3. The second-order valence-corrected chi connectivity index (χ2v) is 8.53. The van der Waals surface area contributed by atoms with Crippen LogP contribution in [0.4, 0.5) is 0 Å². The average Bonchev–Trinajstić information content (AvgIpc) is 2.80. The van der Waals surface area contributed by atoms with Gasteiger partial charge in [-0.3, -0.25) is 14.4 Å². The molecule has 2 atom stereocenters. The number of nitrogens with zero attached hydrogens (tertiary/aromatic N) is 1. The van der Waals surface area contributed by atoms with Gasteiger partial charge in [0.2, 0.25) is 11.8 Å². The van der Waals surface area contributed by atoms with Crippen LogP contribution in [0.25, 0.3) is 10.9 Å². The Bertz CT molecular complexity index is 1300. The number of aromatic nitrogens is 2. The van der Waals surface area contributed by atoms with Crippen LogP contribution < -0.4 is 21.9 Å². The molecule has 0 aliphatic heterocycles. The molecule has 2 aromatic carbocycles. The number of benzene rings is 2. The third kappa shape index (κ3) is 6.13. The molecule has 0 fully saturated rings. The standard InChI is InChI=1S/C23H24N4O6S/c1-14(28)24-13-34-12-18(22(31)32)25-20(29)19(11-15-7-3-2-4-8-15)27-21(30)16-9-5-6-10-17(16)26-23(27)33/h2-10,18-19H,11-13H2,1H3,(H,24,28)(H,25,29)(H,26,33)(H,31,32). The van der Waals surface area contributed by atoms with Crippen molar-refractivity contribution in [3.8, 4) is 0 Å². The van der Waals surface area contributed by atoms with Crippen LogP contribution >= 0.6 is 11.8 Å². The number of carboxylic acids is 1. The highest BCUT2D eigenvalue weighted by molar-refractivity contribution is 7.99. The number of rotatable bonds is 10. The zero-order valence-electron chi connectivity index (χ0n) is 18.3. The highest BCUT2D eigenvalue weighted by Gasteiger charge is 2.29. The lowest BCUT2D eigenvalue weighted by Crippen LogP contribution is -2.50. The Kier molecular flexibility index (Phi) is 8.25. The van der Waals surface area contributed by atoms with E-state index >= 15 is 0 Å². The number of hydrogen-bond donors (Lipinski definition) is 4. The predicted molar refractivity (Wildman–Crippen MR) is 129 cm³/mol. The topological polar surface area (TPSA) is 150 Å². The number of carbonyl (C=O) groups is 3. The fraction of sp³-hybridized carbons (Fsp3) is 0.261. The molecule has 0 bridgehead atoms. The van der Waals surface area contributed by atoms with Crippen LogP contribution in [0.15, 0.2) is 64.2 Å². The second kappa shape index (κ2) is 11.3. The van der Waals surface area contributed by atoms with Crippen molar-refractivity contribution >= 4 is 40.4 Å². The minimum absolute atomic E-state index is 0.000621. The fourth-order valence-corrected chi connectivity index (χ4v) is 4.25. The van der Waals surface area contributed by atoms with Crippen molar-refractivity contribution < 1.29 is 19.5 Å². The summed E-state index contributed by atoms with van der Waals surface area (Å²) in [5.41, 5.74) is -0.395. The molecule has 178 valence electrons. The molecule has 0 aliphatic rings. The summed E-state index contributed by atoms with van der Waals surface area (Å²) in [6.07, 6.45) is -0.000621. The highest BCUT2D eigenvalue weighted by atomic mass is 32.2. The SMILES string of the molecule is CC(=O)NCSCC(NC(=O)C(Cc1ccccc1)n1c(=O)[nH]c2ccccc2c1=O)C(=O)O. The molecule has 0 radical (unpaired) electrons. The maximum Gasteiger partial charge on any atom is 0.329 e. The van der Waals surface area contributed by atoms with Gasteiger partial charge in [0, 0.05) is 19.1 Å². The van der Waals surface area contributed by atoms with Gasteiger partial charge >= 0.3 is 11.7 Å². The maximum atomic E-state index is 13.3. The molecule has 0 saturated heterocycles. The molecule has 11 heteroatoms. The first-order chi connectivity index (χ1) is 16.3. The molecule has 2 unspecified atom stereocenters. The molecular weight excluding hydrogens is 460 g/mol. The van der Waals surface area contributed by atoms with Gasteiger partial charge in [0.15, 0.2) is 0 Å². The van der Waals surface area contributed by atoms with E-state index in [0.717, 1.165) is 16.3 Å². The van der Waals surface area contributed by atoms with Gasteiger partial charge < -0.3 is 20.7 Å². The van der Waals surface area contributed by atoms with Crippen molar-refractivity contribution in [1.82, 2.24) is 20.2 Å². The van der Waals surface area contributed by atoms with Crippen molar-refractivity contribution in [2.24, 2.45) is 0 Å². The third-order valence-corrected chi connectivity index (χ3v) is 5.96. The minimum atomic E-state index is -1.29. The van der Waals surface area contributed by atoms with Gasteiger partial charge in [-0.15, -0.1) is 11.8 Å². The summed E-state index contributed by atoms with van der Waals surface area (Å²) in [6, 6.07) is 12.7. The molecule has 1 heterocycles. The van der Waals surface area contributed by atoms with Crippen molar-refractivity contribution in [3.05, 3.63) is 81.0 Å². The van der Waals surface area contributed by atoms with Crippen LogP contribution in [0.2, 0.25) is 0 Å². The number of carboxylic acid groups (broad SMARTS) is 1. The van der Waals surface area contributed by atoms with Crippen LogP contribution in [-0.2, 0) is 20.8 Å². The Balaban J connectivity index is 1.95. The van der Waals surface area contributed by atoms with E-state index in [4.69, 9.17) is 0 Å². The summed E-state index contributed by atoms with van der Waals surface area (Å²) >= 11 is 1.12. The monoisotopic (exact) mass is 484 g/mol. The minimum Gasteiger partial charge on any atom is -0.480 e. The van der Waals surface area contributed by atoms with Gasteiger partial charge in [-0.05, 0) is 17.7 Å². The molecule has 0 saturated carbocycles. The number of aromatic amines is 1. The normalized spacial score (nSPS) is 12.6. The number of para-hydroxylation sites is 1. The zero-order chi connectivity index (χ0) is 24.7. The number of fused-ring (bicyclic) bond motifs is 1. The number of amides is 2. The quantitative estimate of drug-likeness (QED) is 0.246. The van der Waals surface area contributed by atoms with Gasteiger partial charge in [0.25, 0.3) is 5.56 Å². The van der Waals surface area contributed by atoms with Crippen molar-refractivity contribution in [3.63, 3.8) is 0 Å². The molecule has 3 aromatic rings. The Hall–Kier alpha value is -3.86. The first kappa shape index (κ1) is 24.8. The van der Waals surface area contributed by atoms with E-state index < -0.39 is 35.2 Å². The van der Waals surface area contributed by atoms with Crippen LogP contribution in [0.1, 0.15) is 18.5 Å². The first-order valence-corrected chi connectivity index (χ1v) is 11.6. The predicted octanol–water partition coefficient (Wildman–Crippen LogP) is 0.870. The van der Waals surface area contributed by atoms with E-state index in [-0.39, 0.29) is 29.3 Å². The molecule has 0 spiro atoms. The van der Waals surface area contributed by atoms with Crippen molar-refractivity contribution in [2.45, 2.75) is 25.4 Å². The lowest BCUT2D eigenvalue weighted by molar-refractivity contribution is -0.141.